The predicted octanol–water partition coefficient (Wildman–Crippen LogP) is 3.97. The van der Waals surface area contributed by atoms with Gasteiger partial charge in [0.1, 0.15) is 0 Å². The molecule has 1 aromatic carbocycles. The molecule has 0 aliphatic carbocycles. The molecule has 21 heavy (non-hydrogen) atoms. The fraction of sp³-hybridized carbons (Fsp3) is 0.700. The number of unbranched alkanes of at least 4 members (excludes halogenated alkanes) is 10. The van der Waals surface area contributed by atoms with E-state index >= 15 is 0 Å². The second-order valence-corrected chi connectivity index (χ2v) is 6.21. The van der Waals surface area contributed by atoms with E-state index in [0.29, 0.717) is 0 Å². The van der Waals surface area contributed by atoms with Crippen molar-refractivity contribution in [2.45, 2.75) is 90.9 Å². The Morgan fingerprint density at radius 2 is 1.19 bits per heavy atom. The minimum atomic E-state index is 0. The maximum absolute atomic E-state index is 2.29. The smallest absolute Gasteiger partial charge is 1.00 e. The van der Waals surface area contributed by atoms with Crippen LogP contribution in [0.1, 0.15) is 90.1 Å². The van der Waals surface area contributed by atoms with Crippen LogP contribution in [0.4, 0.5) is 0 Å². The third kappa shape index (κ3) is 11.4. The van der Waals surface area contributed by atoms with Gasteiger partial charge in [-0.15, -0.1) is 0 Å². The second-order valence-electron chi connectivity index (χ2n) is 6.21. The van der Waals surface area contributed by atoms with E-state index in [1.54, 1.807) is 5.56 Å². The topological polar surface area (TPSA) is 0 Å². The molecule has 0 nitrogen and oxygen atoms in total. The van der Waals surface area contributed by atoms with Gasteiger partial charge in [-0.3, -0.25) is 0 Å². The van der Waals surface area contributed by atoms with Crippen LogP contribution in [0.5, 0.6) is 0 Å². The third-order valence-electron chi connectivity index (χ3n) is 4.31. The normalized spacial score (nSPS) is 10.4. The molecule has 0 radical (unpaired) electrons. The Morgan fingerprint density at radius 3 is 1.71 bits per heavy atom. The standard InChI is InChI=1S/C20H34.Na.H/c1-3-4-5-6-7-8-9-10-11-12-13-17-20-18-15-14-16-19(20)2;;/h14-16,18H,3-13,17H2,1-2H3;;/q;+1;-1. The summed E-state index contributed by atoms with van der Waals surface area (Å²) in [7, 11) is 0. The first-order valence-electron chi connectivity index (χ1n) is 8.89. The van der Waals surface area contributed by atoms with Crippen LogP contribution in [0.15, 0.2) is 24.3 Å². The maximum Gasteiger partial charge on any atom is 1.00 e. The third-order valence-corrected chi connectivity index (χ3v) is 4.31. The molecule has 0 saturated carbocycles. The Kier molecular flexibility index (Phi) is 15.3. The molecule has 0 amide bonds. The fourth-order valence-corrected chi connectivity index (χ4v) is 2.87. The SMILES string of the molecule is CCCCCCCCCCCCCc1ccccc1C.[H-].[Na+]. The Labute approximate surface area is 156 Å². The number of rotatable bonds is 12. The number of aryl methyl sites for hydroxylation is 2. The van der Waals surface area contributed by atoms with Crippen LogP contribution in [-0.2, 0) is 6.42 Å². The van der Waals surface area contributed by atoms with Gasteiger partial charge >= 0.3 is 29.6 Å². The van der Waals surface area contributed by atoms with Crippen LogP contribution >= 0.6 is 0 Å². The van der Waals surface area contributed by atoms with Crippen molar-refractivity contribution in [1.29, 1.82) is 0 Å². The van der Waals surface area contributed by atoms with Crippen molar-refractivity contribution in [3.05, 3.63) is 35.4 Å². The van der Waals surface area contributed by atoms with Gasteiger partial charge in [-0.05, 0) is 30.9 Å². The van der Waals surface area contributed by atoms with E-state index in [2.05, 4.69) is 38.1 Å². The van der Waals surface area contributed by atoms with Gasteiger partial charge in [0.25, 0.3) is 0 Å². The zero-order valence-electron chi connectivity index (χ0n) is 15.8. The maximum atomic E-state index is 2.29. The van der Waals surface area contributed by atoms with Crippen molar-refractivity contribution in [3.8, 4) is 0 Å². The molecular weight excluding hydrogens is 263 g/mol. The molecule has 1 rings (SSSR count). The summed E-state index contributed by atoms with van der Waals surface area (Å²) in [5.74, 6) is 0. The van der Waals surface area contributed by atoms with Crippen LogP contribution in [-0.4, -0.2) is 0 Å². The van der Waals surface area contributed by atoms with Crippen molar-refractivity contribution >= 4 is 0 Å². The van der Waals surface area contributed by atoms with Gasteiger partial charge in [-0.2, -0.15) is 0 Å². The average molecular weight is 298 g/mol. The van der Waals surface area contributed by atoms with E-state index in [0.717, 1.165) is 0 Å². The Hall–Kier alpha value is 0.220. The summed E-state index contributed by atoms with van der Waals surface area (Å²) in [4.78, 5) is 0. The van der Waals surface area contributed by atoms with Crippen LogP contribution < -0.4 is 29.6 Å². The van der Waals surface area contributed by atoms with E-state index in [4.69, 9.17) is 0 Å². The summed E-state index contributed by atoms with van der Waals surface area (Å²) in [6.07, 6.45) is 17.0. The molecule has 0 aromatic heterocycles. The quantitative estimate of drug-likeness (QED) is 0.405. The predicted molar refractivity (Wildman–Crippen MR) is 92.5 cm³/mol. The molecule has 1 heteroatoms. The molecule has 0 aliphatic rings. The second kappa shape index (κ2) is 15.1. The molecule has 0 aliphatic heterocycles. The van der Waals surface area contributed by atoms with Gasteiger partial charge in [-0.25, -0.2) is 0 Å². The van der Waals surface area contributed by atoms with Crippen molar-refractivity contribution in [2.75, 3.05) is 0 Å². The summed E-state index contributed by atoms with van der Waals surface area (Å²) in [5.41, 5.74) is 3.00. The van der Waals surface area contributed by atoms with E-state index in [1.807, 2.05) is 0 Å². The van der Waals surface area contributed by atoms with Crippen LogP contribution in [0.2, 0.25) is 0 Å². The summed E-state index contributed by atoms with van der Waals surface area (Å²) >= 11 is 0. The molecule has 1 aromatic rings. The van der Waals surface area contributed by atoms with Crippen LogP contribution in [0.25, 0.3) is 0 Å². The molecule has 0 saturated heterocycles. The molecule has 116 valence electrons. The molecule has 0 bridgehead atoms. The van der Waals surface area contributed by atoms with Gasteiger partial charge in [-0.1, -0.05) is 95.4 Å². The zero-order valence-corrected chi connectivity index (χ0v) is 16.8. The Balaban J connectivity index is 0. The average Bonchev–Trinajstić information content (AvgIpc) is 2.46. The van der Waals surface area contributed by atoms with Crippen molar-refractivity contribution in [1.82, 2.24) is 0 Å². The summed E-state index contributed by atoms with van der Waals surface area (Å²) in [6.45, 7) is 4.52. The van der Waals surface area contributed by atoms with Gasteiger partial charge in [0, 0.05) is 0 Å². The molecular formula is C20H35Na. The first kappa shape index (κ1) is 21.2. The number of benzene rings is 1. The van der Waals surface area contributed by atoms with E-state index in [-0.39, 0.29) is 31.0 Å². The van der Waals surface area contributed by atoms with E-state index in [9.17, 15) is 0 Å². The Bertz CT molecular complexity index is 338. The molecule has 0 heterocycles. The summed E-state index contributed by atoms with van der Waals surface area (Å²) < 4.78 is 0. The van der Waals surface area contributed by atoms with E-state index in [1.165, 1.54) is 82.6 Å². The fourth-order valence-electron chi connectivity index (χ4n) is 2.87. The number of hydrogen-bond acceptors (Lipinski definition) is 0. The van der Waals surface area contributed by atoms with Crippen molar-refractivity contribution < 1.29 is 31.0 Å². The van der Waals surface area contributed by atoms with Crippen LogP contribution in [0.3, 0.4) is 0 Å². The van der Waals surface area contributed by atoms with Gasteiger partial charge in [0.15, 0.2) is 0 Å². The first-order chi connectivity index (χ1) is 9.84. The Morgan fingerprint density at radius 1 is 0.714 bits per heavy atom. The molecule has 0 spiro atoms. The molecule has 0 atom stereocenters. The number of hydrogen-bond donors (Lipinski definition) is 0. The molecule has 0 unspecified atom stereocenters. The monoisotopic (exact) mass is 298 g/mol. The van der Waals surface area contributed by atoms with Crippen LogP contribution in [0, 0.1) is 6.92 Å². The minimum Gasteiger partial charge on any atom is -1.00 e. The minimum absolute atomic E-state index is 0. The summed E-state index contributed by atoms with van der Waals surface area (Å²) in [6, 6.07) is 8.82. The first-order valence-corrected chi connectivity index (χ1v) is 8.89. The van der Waals surface area contributed by atoms with Crippen molar-refractivity contribution in [3.63, 3.8) is 0 Å². The van der Waals surface area contributed by atoms with Gasteiger partial charge in [0.05, 0.1) is 0 Å². The zero-order chi connectivity index (χ0) is 14.5. The molecule has 0 N–H and O–H groups in total. The molecule has 0 fully saturated rings. The summed E-state index contributed by atoms with van der Waals surface area (Å²) in [5, 5.41) is 0. The largest absolute Gasteiger partial charge is 1.00 e. The van der Waals surface area contributed by atoms with E-state index < -0.39 is 0 Å². The van der Waals surface area contributed by atoms with Gasteiger partial charge < -0.3 is 1.43 Å². The van der Waals surface area contributed by atoms with Crippen molar-refractivity contribution in [2.24, 2.45) is 0 Å². The van der Waals surface area contributed by atoms with Gasteiger partial charge in [0.2, 0.25) is 0 Å².